The van der Waals surface area contributed by atoms with Gasteiger partial charge in [-0.1, -0.05) is 6.07 Å². The van der Waals surface area contributed by atoms with Gasteiger partial charge in [0.25, 0.3) is 0 Å². The Hall–Kier alpha value is -3.49. The molecule has 8 nitrogen and oxygen atoms in total. The molecule has 0 saturated carbocycles. The third kappa shape index (κ3) is 3.37. The molecule has 0 atom stereocenters. The number of aliphatic hydroxyl groups is 1. The van der Waals surface area contributed by atoms with Gasteiger partial charge >= 0.3 is 0 Å². The van der Waals surface area contributed by atoms with Crippen LogP contribution in [0.15, 0.2) is 55.1 Å². The molecule has 2 aliphatic heterocycles. The number of hydrogen-bond acceptors (Lipinski definition) is 7. The maximum atomic E-state index is 9.72. The molecule has 32 heavy (non-hydrogen) atoms. The van der Waals surface area contributed by atoms with Crippen LogP contribution in [0.5, 0.6) is 0 Å². The highest BCUT2D eigenvalue weighted by atomic mass is 16.3. The highest BCUT2D eigenvalue weighted by Gasteiger charge is 2.23. The number of pyridine rings is 3. The van der Waals surface area contributed by atoms with E-state index in [4.69, 9.17) is 4.98 Å². The van der Waals surface area contributed by atoms with E-state index < -0.39 is 0 Å². The van der Waals surface area contributed by atoms with E-state index in [2.05, 4.69) is 37.7 Å². The van der Waals surface area contributed by atoms with Crippen molar-refractivity contribution in [2.45, 2.75) is 32.0 Å². The second kappa shape index (κ2) is 7.89. The zero-order chi connectivity index (χ0) is 21.5. The van der Waals surface area contributed by atoms with E-state index in [1.165, 1.54) is 11.1 Å². The molecule has 4 aromatic rings. The van der Waals surface area contributed by atoms with Gasteiger partial charge in [0.05, 0.1) is 47.3 Å². The summed E-state index contributed by atoms with van der Waals surface area (Å²) in [6.45, 7) is 3.30. The molecule has 1 saturated heterocycles. The number of fused-ring (bicyclic) bond motifs is 2. The first-order valence-corrected chi connectivity index (χ1v) is 11.1. The summed E-state index contributed by atoms with van der Waals surface area (Å²) in [4.78, 5) is 11.7. The minimum absolute atomic E-state index is 0.174. The summed E-state index contributed by atoms with van der Waals surface area (Å²) >= 11 is 0. The summed E-state index contributed by atoms with van der Waals surface area (Å²) in [5.74, 6) is 0.797. The molecule has 1 fully saturated rings. The summed E-state index contributed by atoms with van der Waals surface area (Å²) in [5, 5.41) is 21.1. The Kier molecular flexibility index (Phi) is 4.74. The van der Waals surface area contributed by atoms with Crippen LogP contribution in [0, 0.1) is 0 Å². The standard InChI is InChI=1S/C24H25N7O/c32-17-6-9-30(10-7-17)16-4-5-23(26-11-16)29-21-15-27-24(19-13-25-12-18(19)21)20-14-28-31-8-2-1-3-22(20)31/h1-5,8,11,14-15,17,25,32H,6-7,9-10,12-13H2,(H,26,29). The molecule has 6 rings (SSSR count). The first kappa shape index (κ1) is 19.2. The summed E-state index contributed by atoms with van der Waals surface area (Å²) in [6.07, 6.45) is 9.09. The van der Waals surface area contributed by atoms with Gasteiger partial charge < -0.3 is 20.6 Å². The van der Waals surface area contributed by atoms with Crippen molar-refractivity contribution in [3.63, 3.8) is 0 Å². The van der Waals surface area contributed by atoms with E-state index in [1.54, 1.807) is 0 Å². The zero-order valence-corrected chi connectivity index (χ0v) is 17.7. The first-order valence-electron chi connectivity index (χ1n) is 11.1. The van der Waals surface area contributed by atoms with Gasteiger partial charge in [-0.3, -0.25) is 4.98 Å². The number of piperidine rings is 1. The lowest BCUT2D eigenvalue weighted by Gasteiger charge is -2.31. The maximum Gasteiger partial charge on any atom is 0.130 e. The lowest BCUT2D eigenvalue weighted by atomic mass is 10.0. The van der Waals surface area contributed by atoms with Crippen molar-refractivity contribution in [2.75, 3.05) is 23.3 Å². The molecular formula is C24H25N7O. The van der Waals surface area contributed by atoms with Crippen molar-refractivity contribution < 1.29 is 5.11 Å². The van der Waals surface area contributed by atoms with Crippen LogP contribution in [0.3, 0.4) is 0 Å². The topological polar surface area (TPSA) is 90.6 Å². The second-order valence-electron chi connectivity index (χ2n) is 8.41. The van der Waals surface area contributed by atoms with E-state index in [-0.39, 0.29) is 6.10 Å². The number of rotatable bonds is 4. The smallest absolute Gasteiger partial charge is 0.130 e. The molecule has 0 unspecified atom stereocenters. The van der Waals surface area contributed by atoms with Crippen LogP contribution in [0.25, 0.3) is 16.8 Å². The van der Waals surface area contributed by atoms with Crippen molar-refractivity contribution >= 4 is 22.7 Å². The second-order valence-corrected chi connectivity index (χ2v) is 8.41. The number of aromatic nitrogens is 4. The van der Waals surface area contributed by atoms with Crippen molar-refractivity contribution in [1.29, 1.82) is 0 Å². The average molecular weight is 428 g/mol. The molecule has 0 amide bonds. The summed E-state index contributed by atoms with van der Waals surface area (Å²) in [5.41, 5.74) is 7.58. The molecular weight excluding hydrogens is 402 g/mol. The normalized spacial score (nSPS) is 16.5. The van der Waals surface area contributed by atoms with Crippen molar-refractivity contribution in [3.05, 3.63) is 66.2 Å². The molecule has 0 bridgehead atoms. The van der Waals surface area contributed by atoms with Gasteiger partial charge in [-0.15, -0.1) is 0 Å². The summed E-state index contributed by atoms with van der Waals surface area (Å²) in [6, 6.07) is 10.2. The Bertz CT molecular complexity index is 1260. The van der Waals surface area contributed by atoms with Crippen LogP contribution in [0.2, 0.25) is 0 Å². The fourth-order valence-corrected chi connectivity index (χ4v) is 4.66. The van der Waals surface area contributed by atoms with Crippen LogP contribution in [0.4, 0.5) is 17.2 Å². The number of nitrogens with one attached hydrogen (secondary N) is 2. The van der Waals surface area contributed by atoms with E-state index in [9.17, 15) is 5.11 Å². The Balaban J connectivity index is 1.27. The Morgan fingerprint density at radius 3 is 2.69 bits per heavy atom. The van der Waals surface area contributed by atoms with E-state index in [1.807, 2.05) is 47.5 Å². The van der Waals surface area contributed by atoms with Crippen LogP contribution < -0.4 is 15.5 Å². The lowest BCUT2D eigenvalue weighted by molar-refractivity contribution is 0.145. The molecule has 8 heteroatoms. The molecule has 2 aliphatic rings. The molecule has 162 valence electrons. The fourth-order valence-electron chi connectivity index (χ4n) is 4.66. The van der Waals surface area contributed by atoms with Gasteiger partial charge in [0.1, 0.15) is 5.82 Å². The Morgan fingerprint density at radius 2 is 1.84 bits per heavy atom. The minimum atomic E-state index is -0.174. The summed E-state index contributed by atoms with van der Waals surface area (Å²) in [7, 11) is 0. The highest BCUT2D eigenvalue weighted by molar-refractivity contribution is 5.82. The number of anilines is 3. The monoisotopic (exact) mass is 427 g/mol. The van der Waals surface area contributed by atoms with Crippen molar-refractivity contribution in [2.24, 2.45) is 0 Å². The van der Waals surface area contributed by atoms with Gasteiger partial charge in [-0.25, -0.2) is 9.50 Å². The van der Waals surface area contributed by atoms with E-state index in [0.29, 0.717) is 0 Å². The largest absolute Gasteiger partial charge is 0.393 e. The third-order valence-corrected chi connectivity index (χ3v) is 6.42. The van der Waals surface area contributed by atoms with Gasteiger partial charge in [0.15, 0.2) is 0 Å². The number of aliphatic hydroxyl groups excluding tert-OH is 1. The highest BCUT2D eigenvalue weighted by Crippen LogP contribution is 2.34. The van der Waals surface area contributed by atoms with Crippen LogP contribution >= 0.6 is 0 Å². The van der Waals surface area contributed by atoms with Gasteiger partial charge in [-0.2, -0.15) is 5.10 Å². The van der Waals surface area contributed by atoms with Crippen molar-refractivity contribution in [3.8, 4) is 11.3 Å². The maximum absolute atomic E-state index is 9.72. The molecule has 0 aromatic carbocycles. The first-order chi connectivity index (χ1) is 15.8. The van der Waals surface area contributed by atoms with E-state index in [0.717, 1.165) is 73.0 Å². The predicted molar refractivity (Wildman–Crippen MR) is 124 cm³/mol. The third-order valence-electron chi connectivity index (χ3n) is 6.42. The number of hydrogen-bond donors (Lipinski definition) is 3. The summed E-state index contributed by atoms with van der Waals surface area (Å²) < 4.78 is 1.88. The predicted octanol–water partition coefficient (Wildman–Crippen LogP) is 3.10. The van der Waals surface area contributed by atoms with Crippen molar-refractivity contribution in [1.82, 2.24) is 24.9 Å². The molecule has 6 heterocycles. The Labute approximate surface area is 185 Å². The van der Waals surface area contributed by atoms with Gasteiger partial charge in [0.2, 0.25) is 0 Å². The zero-order valence-electron chi connectivity index (χ0n) is 17.7. The molecule has 3 N–H and O–H groups in total. The molecule has 0 radical (unpaired) electrons. The fraction of sp³-hybridized carbons (Fsp3) is 0.292. The minimum Gasteiger partial charge on any atom is -0.393 e. The number of nitrogens with zero attached hydrogens (tertiary/aromatic N) is 5. The quantitative estimate of drug-likeness (QED) is 0.461. The molecule has 0 spiro atoms. The average Bonchev–Trinajstić information content (AvgIpc) is 3.49. The van der Waals surface area contributed by atoms with Gasteiger partial charge in [-0.05, 0) is 48.2 Å². The van der Waals surface area contributed by atoms with Crippen LogP contribution in [0.1, 0.15) is 24.0 Å². The lowest BCUT2D eigenvalue weighted by Crippen LogP contribution is -2.35. The van der Waals surface area contributed by atoms with E-state index >= 15 is 0 Å². The van der Waals surface area contributed by atoms with Gasteiger partial charge in [0, 0.05) is 37.9 Å². The SMILES string of the molecule is OC1CCN(c2ccc(Nc3cnc(-c4cnn5ccccc45)c4c3CNC4)nc2)CC1. The van der Waals surface area contributed by atoms with Crippen LogP contribution in [-0.2, 0) is 13.1 Å². The Morgan fingerprint density at radius 1 is 0.969 bits per heavy atom. The molecule has 0 aliphatic carbocycles. The molecule has 4 aromatic heterocycles. The van der Waals surface area contributed by atoms with Crippen LogP contribution in [-0.4, -0.2) is 43.9 Å².